The van der Waals surface area contributed by atoms with E-state index in [0.717, 1.165) is 42.5 Å². The van der Waals surface area contributed by atoms with Gasteiger partial charge in [-0.25, -0.2) is 15.0 Å². The molecule has 0 radical (unpaired) electrons. The lowest BCUT2D eigenvalue weighted by molar-refractivity contribution is 0.301. The highest BCUT2D eigenvalue weighted by molar-refractivity contribution is 5.48. The van der Waals surface area contributed by atoms with Crippen LogP contribution in [-0.2, 0) is 13.0 Å². The lowest BCUT2D eigenvalue weighted by atomic mass is 10.3. The number of ether oxygens (including phenoxy) is 1. The number of hydrogen-bond donors (Lipinski definition) is 0. The van der Waals surface area contributed by atoms with Crippen molar-refractivity contribution < 1.29 is 4.74 Å². The predicted molar refractivity (Wildman–Crippen MR) is 87.0 cm³/mol. The zero-order chi connectivity index (χ0) is 15.9. The number of pyridine rings is 1. The van der Waals surface area contributed by atoms with Crippen LogP contribution in [0.15, 0.2) is 49.2 Å². The average molecular weight is 309 g/mol. The van der Waals surface area contributed by atoms with Crippen LogP contribution in [0.5, 0.6) is 5.75 Å². The van der Waals surface area contributed by atoms with Gasteiger partial charge < -0.3 is 9.30 Å². The van der Waals surface area contributed by atoms with E-state index in [-0.39, 0.29) is 0 Å². The van der Waals surface area contributed by atoms with E-state index in [4.69, 9.17) is 4.74 Å². The molecule has 0 amide bonds. The van der Waals surface area contributed by atoms with E-state index in [9.17, 15) is 0 Å². The SMILES string of the molecule is CCc1nccc(-c2nccn2CCCOc2cccnc2)n1. The topological polar surface area (TPSA) is 65.7 Å². The maximum atomic E-state index is 5.66. The van der Waals surface area contributed by atoms with Crippen LogP contribution in [0, 0.1) is 0 Å². The van der Waals surface area contributed by atoms with Gasteiger partial charge in [0.25, 0.3) is 0 Å². The first kappa shape index (κ1) is 15.1. The molecule has 0 aliphatic heterocycles. The normalized spacial score (nSPS) is 10.7. The molecule has 0 aromatic carbocycles. The third kappa shape index (κ3) is 3.91. The van der Waals surface area contributed by atoms with E-state index in [0.29, 0.717) is 6.61 Å². The number of aromatic nitrogens is 5. The standard InChI is InChI=1S/C17H19N5O/c1-2-16-19-8-6-15(21-16)17-20-9-11-22(17)10-4-12-23-14-5-3-7-18-13-14/h3,5-9,11,13H,2,4,10,12H2,1H3. The molecule has 0 atom stereocenters. The minimum Gasteiger partial charge on any atom is -0.492 e. The van der Waals surface area contributed by atoms with Gasteiger partial charge in [-0.3, -0.25) is 4.98 Å². The van der Waals surface area contributed by atoms with Gasteiger partial charge in [-0.1, -0.05) is 6.92 Å². The van der Waals surface area contributed by atoms with Crippen LogP contribution in [0.3, 0.4) is 0 Å². The molecule has 0 saturated heterocycles. The highest BCUT2D eigenvalue weighted by atomic mass is 16.5. The lowest BCUT2D eigenvalue weighted by Crippen LogP contribution is -2.06. The van der Waals surface area contributed by atoms with Crippen LogP contribution in [0.2, 0.25) is 0 Å². The van der Waals surface area contributed by atoms with E-state index in [1.165, 1.54) is 0 Å². The van der Waals surface area contributed by atoms with Gasteiger partial charge in [0, 0.05) is 37.8 Å². The molecule has 0 bridgehead atoms. The molecule has 0 aliphatic carbocycles. The number of nitrogens with zero attached hydrogens (tertiary/aromatic N) is 5. The summed E-state index contributed by atoms with van der Waals surface area (Å²) in [7, 11) is 0. The Kier molecular flexibility index (Phi) is 4.93. The van der Waals surface area contributed by atoms with E-state index in [1.807, 2.05) is 31.3 Å². The second-order valence-electron chi connectivity index (χ2n) is 5.05. The minimum absolute atomic E-state index is 0.632. The maximum absolute atomic E-state index is 5.66. The molecule has 0 fully saturated rings. The summed E-state index contributed by atoms with van der Waals surface area (Å²) in [5.74, 6) is 2.49. The molecule has 3 heterocycles. The molecule has 0 spiro atoms. The van der Waals surface area contributed by atoms with Gasteiger partial charge in [0.15, 0.2) is 5.82 Å². The minimum atomic E-state index is 0.632. The van der Waals surface area contributed by atoms with Crippen molar-refractivity contribution in [2.45, 2.75) is 26.3 Å². The largest absolute Gasteiger partial charge is 0.492 e. The Labute approximate surface area is 135 Å². The Hall–Kier alpha value is -2.76. The number of hydrogen-bond acceptors (Lipinski definition) is 5. The van der Waals surface area contributed by atoms with Crippen LogP contribution < -0.4 is 4.74 Å². The number of aryl methyl sites for hydroxylation is 2. The monoisotopic (exact) mass is 309 g/mol. The van der Waals surface area contributed by atoms with Gasteiger partial charge in [0.05, 0.1) is 12.8 Å². The third-order valence-corrected chi connectivity index (χ3v) is 3.41. The first-order valence-corrected chi connectivity index (χ1v) is 7.73. The first-order valence-electron chi connectivity index (χ1n) is 7.73. The average Bonchev–Trinajstić information content (AvgIpc) is 3.08. The number of imidazole rings is 1. The molecule has 0 N–H and O–H groups in total. The highest BCUT2D eigenvalue weighted by Gasteiger charge is 2.08. The fraction of sp³-hybridized carbons (Fsp3) is 0.294. The van der Waals surface area contributed by atoms with Crippen LogP contribution in [0.25, 0.3) is 11.5 Å². The molecule has 0 aliphatic rings. The Balaban J connectivity index is 1.60. The van der Waals surface area contributed by atoms with Crippen molar-refractivity contribution in [2.75, 3.05) is 6.61 Å². The smallest absolute Gasteiger partial charge is 0.158 e. The Morgan fingerprint density at radius 3 is 2.91 bits per heavy atom. The molecule has 6 heteroatoms. The quantitative estimate of drug-likeness (QED) is 0.628. The van der Waals surface area contributed by atoms with Gasteiger partial charge in [0.2, 0.25) is 0 Å². The molecule has 3 aromatic heterocycles. The van der Waals surface area contributed by atoms with E-state index in [2.05, 4.69) is 24.5 Å². The zero-order valence-electron chi connectivity index (χ0n) is 13.1. The molecule has 6 nitrogen and oxygen atoms in total. The van der Waals surface area contributed by atoms with Crippen molar-refractivity contribution in [3.8, 4) is 17.3 Å². The summed E-state index contributed by atoms with van der Waals surface area (Å²) in [6, 6.07) is 5.66. The van der Waals surface area contributed by atoms with Crippen molar-refractivity contribution in [1.82, 2.24) is 24.5 Å². The summed E-state index contributed by atoms with van der Waals surface area (Å²) in [4.78, 5) is 17.2. The lowest BCUT2D eigenvalue weighted by Gasteiger charge is -2.09. The summed E-state index contributed by atoms with van der Waals surface area (Å²) < 4.78 is 7.76. The number of rotatable bonds is 7. The molecule has 118 valence electrons. The van der Waals surface area contributed by atoms with Crippen molar-refractivity contribution >= 4 is 0 Å². The second kappa shape index (κ2) is 7.49. The van der Waals surface area contributed by atoms with Gasteiger partial charge >= 0.3 is 0 Å². The van der Waals surface area contributed by atoms with Crippen LogP contribution in [0.4, 0.5) is 0 Å². The second-order valence-corrected chi connectivity index (χ2v) is 5.05. The molecular weight excluding hydrogens is 290 g/mol. The summed E-state index contributed by atoms with van der Waals surface area (Å²) in [5, 5.41) is 0. The van der Waals surface area contributed by atoms with Crippen molar-refractivity contribution in [2.24, 2.45) is 0 Å². The van der Waals surface area contributed by atoms with E-state index >= 15 is 0 Å². The van der Waals surface area contributed by atoms with Crippen molar-refractivity contribution in [1.29, 1.82) is 0 Å². The molecule has 23 heavy (non-hydrogen) atoms. The Morgan fingerprint density at radius 2 is 2.09 bits per heavy atom. The first-order chi connectivity index (χ1) is 11.4. The molecular formula is C17H19N5O. The summed E-state index contributed by atoms with van der Waals surface area (Å²) in [6.07, 6.45) is 10.7. The van der Waals surface area contributed by atoms with Gasteiger partial charge in [-0.05, 0) is 24.6 Å². The van der Waals surface area contributed by atoms with Gasteiger partial charge in [-0.2, -0.15) is 0 Å². The Morgan fingerprint density at radius 1 is 1.13 bits per heavy atom. The van der Waals surface area contributed by atoms with Crippen LogP contribution in [0.1, 0.15) is 19.2 Å². The van der Waals surface area contributed by atoms with Crippen molar-refractivity contribution in [3.05, 3.63) is 55.0 Å². The fourth-order valence-corrected chi connectivity index (χ4v) is 2.27. The van der Waals surface area contributed by atoms with E-state index < -0.39 is 0 Å². The summed E-state index contributed by atoms with van der Waals surface area (Å²) in [5.41, 5.74) is 0.857. The third-order valence-electron chi connectivity index (χ3n) is 3.41. The van der Waals surface area contributed by atoms with E-state index in [1.54, 1.807) is 24.8 Å². The van der Waals surface area contributed by atoms with Crippen LogP contribution in [-0.4, -0.2) is 31.1 Å². The van der Waals surface area contributed by atoms with Gasteiger partial charge in [-0.15, -0.1) is 0 Å². The van der Waals surface area contributed by atoms with Gasteiger partial charge in [0.1, 0.15) is 17.3 Å². The molecule has 0 unspecified atom stereocenters. The zero-order valence-corrected chi connectivity index (χ0v) is 13.1. The Bertz CT molecular complexity index is 742. The summed E-state index contributed by atoms with van der Waals surface area (Å²) >= 11 is 0. The fourth-order valence-electron chi connectivity index (χ4n) is 2.27. The van der Waals surface area contributed by atoms with Crippen molar-refractivity contribution in [3.63, 3.8) is 0 Å². The predicted octanol–water partition coefficient (Wildman–Crippen LogP) is 2.77. The summed E-state index contributed by atoms with van der Waals surface area (Å²) in [6.45, 7) is 3.50. The molecule has 0 saturated carbocycles. The maximum Gasteiger partial charge on any atom is 0.158 e. The highest BCUT2D eigenvalue weighted by Crippen LogP contribution is 2.15. The van der Waals surface area contributed by atoms with Crippen LogP contribution >= 0.6 is 0 Å². The molecule has 3 aromatic rings. The molecule has 3 rings (SSSR count).